The fraction of sp³-hybridized carbons (Fsp3) is 0.200. The molecule has 0 saturated heterocycles. The number of nitrogens with zero attached hydrogens (tertiary/aromatic N) is 3. The lowest BCUT2D eigenvalue weighted by molar-refractivity contribution is 0.0957. The smallest absolute Gasteiger partial charge is 0.275 e. The first-order chi connectivity index (χ1) is 10.6. The van der Waals surface area contributed by atoms with Gasteiger partial charge >= 0.3 is 0 Å². The average Bonchev–Trinajstić information content (AvgIpc) is 2.94. The first-order valence-corrected chi connectivity index (χ1v) is 6.74. The summed E-state index contributed by atoms with van der Waals surface area (Å²) >= 11 is 0. The van der Waals surface area contributed by atoms with E-state index in [0.717, 1.165) is 5.69 Å². The van der Waals surface area contributed by atoms with E-state index in [2.05, 4.69) is 15.6 Å². The molecule has 1 N–H and O–H groups in total. The summed E-state index contributed by atoms with van der Waals surface area (Å²) in [5.41, 5.74) is 0.640. The Morgan fingerprint density at radius 1 is 1.32 bits per heavy atom. The van der Waals surface area contributed by atoms with Gasteiger partial charge in [-0.25, -0.2) is 4.68 Å². The van der Waals surface area contributed by atoms with Gasteiger partial charge in [-0.2, -0.15) is 5.10 Å². The van der Waals surface area contributed by atoms with Gasteiger partial charge in [-0.15, -0.1) is 0 Å². The minimum absolute atomic E-state index is 0.120. The summed E-state index contributed by atoms with van der Waals surface area (Å²) < 4.78 is 6.33. The van der Waals surface area contributed by atoms with Crippen molar-refractivity contribution >= 4 is 16.7 Å². The third kappa shape index (κ3) is 2.37. The Balaban J connectivity index is 2.20. The molecule has 0 spiro atoms. The van der Waals surface area contributed by atoms with Gasteiger partial charge in [0.1, 0.15) is 6.54 Å². The largest absolute Gasteiger partial charge is 0.359 e. The molecule has 22 heavy (non-hydrogen) atoms. The molecule has 1 aromatic carbocycles. The van der Waals surface area contributed by atoms with Crippen LogP contribution in [0.2, 0.25) is 0 Å². The Hall–Kier alpha value is -2.96. The van der Waals surface area contributed by atoms with Gasteiger partial charge < -0.3 is 9.84 Å². The molecule has 3 rings (SSSR count). The van der Waals surface area contributed by atoms with E-state index in [1.54, 1.807) is 37.3 Å². The number of rotatable bonds is 3. The molecule has 0 radical (unpaired) electrons. The lowest BCUT2D eigenvalue weighted by atomic mass is 10.1. The van der Waals surface area contributed by atoms with Crippen LogP contribution in [0, 0.1) is 6.92 Å². The fourth-order valence-corrected chi connectivity index (χ4v) is 2.27. The van der Waals surface area contributed by atoms with Gasteiger partial charge in [0.15, 0.2) is 11.5 Å². The first-order valence-electron chi connectivity index (χ1n) is 6.74. The van der Waals surface area contributed by atoms with Crippen LogP contribution in [0.15, 0.2) is 39.6 Å². The van der Waals surface area contributed by atoms with Gasteiger partial charge in [0, 0.05) is 18.5 Å². The van der Waals surface area contributed by atoms with Crippen molar-refractivity contribution in [2.24, 2.45) is 0 Å². The second kappa shape index (κ2) is 5.44. The topological polar surface area (TPSA) is 90.0 Å². The van der Waals surface area contributed by atoms with Crippen molar-refractivity contribution in [3.05, 3.63) is 57.8 Å². The van der Waals surface area contributed by atoms with Gasteiger partial charge in [0.25, 0.3) is 11.5 Å². The van der Waals surface area contributed by atoms with E-state index in [4.69, 9.17) is 4.52 Å². The highest BCUT2D eigenvalue weighted by molar-refractivity contribution is 6.04. The number of benzene rings is 1. The highest BCUT2D eigenvalue weighted by atomic mass is 16.5. The zero-order valence-electron chi connectivity index (χ0n) is 12.2. The number of amides is 1. The maximum absolute atomic E-state index is 12.5. The van der Waals surface area contributed by atoms with E-state index in [1.165, 1.54) is 11.7 Å². The van der Waals surface area contributed by atoms with Crippen molar-refractivity contribution in [2.75, 3.05) is 7.05 Å². The average molecular weight is 298 g/mol. The van der Waals surface area contributed by atoms with Crippen LogP contribution >= 0.6 is 0 Å². The van der Waals surface area contributed by atoms with Crippen molar-refractivity contribution in [3.63, 3.8) is 0 Å². The summed E-state index contributed by atoms with van der Waals surface area (Å²) in [5.74, 6) is 0.156. The van der Waals surface area contributed by atoms with E-state index < -0.39 is 0 Å². The van der Waals surface area contributed by atoms with Crippen LogP contribution in [-0.4, -0.2) is 27.9 Å². The van der Waals surface area contributed by atoms with Crippen LogP contribution in [0.25, 0.3) is 10.8 Å². The highest BCUT2D eigenvalue weighted by Gasteiger charge is 2.16. The lowest BCUT2D eigenvalue weighted by Crippen LogP contribution is -2.29. The molecule has 0 saturated carbocycles. The Kier molecular flexibility index (Phi) is 3.46. The van der Waals surface area contributed by atoms with Crippen LogP contribution in [0.1, 0.15) is 21.9 Å². The predicted molar refractivity (Wildman–Crippen MR) is 79.7 cm³/mol. The Labute approximate surface area is 125 Å². The molecule has 7 heteroatoms. The Bertz CT molecular complexity index is 911. The normalized spacial score (nSPS) is 10.8. The van der Waals surface area contributed by atoms with Crippen molar-refractivity contribution in [1.29, 1.82) is 0 Å². The molecule has 7 nitrogen and oxygen atoms in total. The molecule has 0 atom stereocenters. The number of aryl methyl sites for hydroxylation is 1. The summed E-state index contributed by atoms with van der Waals surface area (Å²) in [6.07, 6.45) is 0. The monoisotopic (exact) mass is 298 g/mol. The van der Waals surface area contributed by atoms with Crippen molar-refractivity contribution in [3.8, 4) is 0 Å². The molecule has 0 aliphatic rings. The molecular weight excluding hydrogens is 284 g/mol. The molecule has 0 aliphatic carbocycles. The summed E-state index contributed by atoms with van der Waals surface area (Å²) in [5, 5.41) is 11.5. The Morgan fingerprint density at radius 3 is 2.68 bits per heavy atom. The van der Waals surface area contributed by atoms with E-state index >= 15 is 0 Å². The zero-order valence-corrected chi connectivity index (χ0v) is 12.2. The molecule has 0 fully saturated rings. The summed E-state index contributed by atoms with van der Waals surface area (Å²) in [7, 11) is 1.52. The lowest BCUT2D eigenvalue weighted by Gasteiger charge is -2.08. The van der Waals surface area contributed by atoms with Crippen LogP contribution in [0.4, 0.5) is 0 Å². The van der Waals surface area contributed by atoms with Crippen molar-refractivity contribution < 1.29 is 9.32 Å². The fourth-order valence-electron chi connectivity index (χ4n) is 2.27. The SMILES string of the molecule is CNC(=O)c1nn(Cc2cc(C)no2)c(=O)c2ccccc12. The van der Waals surface area contributed by atoms with Crippen LogP contribution < -0.4 is 10.9 Å². The number of hydrogen-bond acceptors (Lipinski definition) is 5. The third-order valence-electron chi connectivity index (χ3n) is 3.29. The number of fused-ring (bicyclic) bond motifs is 1. The number of carbonyl (C=O) groups excluding carboxylic acids is 1. The van der Waals surface area contributed by atoms with Gasteiger partial charge in [0.2, 0.25) is 0 Å². The molecular formula is C15H14N4O3. The minimum Gasteiger partial charge on any atom is -0.359 e. The molecule has 0 aliphatic heterocycles. The van der Waals surface area contributed by atoms with Gasteiger partial charge in [-0.05, 0) is 13.0 Å². The molecule has 0 unspecified atom stereocenters. The van der Waals surface area contributed by atoms with Crippen LogP contribution in [0.5, 0.6) is 0 Å². The highest BCUT2D eigenvalue weighted by Crippen LogP contribution is 2.14. The van der Waals surface area contributed by atoms with Crippen LogP contribution in [0.3, 0.4) is 0 Å². The maximum atomic E-state index is 12.5. The maximum Gasteiger partial charge on any atom is 0.275 e. The minimum atomic E-state index is -0.348. The summed E-state index contributed by atoms with van der Waals surface area (Å²) in [6, 6.07) is 8.62. The standard InChI is InChI=1S/C15H14N4O3/c1-9-7-10(22-18-9)8-19-15(21)12-6-4-3-5-11(12)13(17-19)14(20)16-2/h3-7H,8H2,1-2H3,(H,16,20). The van der Waals surface area contributed by atoms with E-state index in [-0.39, 0.29) is 23.7 Å². The van der Waals surface area contributed by atoms with Gasteiger partial charge in [0.05, 0.1) is 11.1 Å². The molecule has 2 heterocycles. The molecule has 112 valence electrons. The number of nitrogens with one attached hydrogen (secondary N) is 1. The van der Waals surface area contributed by atoms with E-state index in [0.29, 0.717) is 16.5 Å². The Morgan fingerprint density at radius 2 is 2.05 bits per heavy atom. The molecule has 2 aromatic heterocycles. The number of hydrogen-bond donors (Lipinski definition) is 1. The number of aromatic nitrogens is 3. The van der Waals surface area contributed by atoms with E-state index in [9.17, 15) is 9.59 Å². The first kappa shape index (κ1) is 14.0. The summed E-state index contributed by atoms with van der Waals surface area (Å²) in [6.45, 7) is 1.91. The predicted octanol–water partition coefficient (Wildman–Crippen LogP) is 1.10. The molecule has 3 aromatic rings. The van der Waals surface area contributed by atoms with E-state index in [1.807, 2.05) is 0 Å². The van der Waals surface area contributed by atoms with Gasteiger partial charge in [-0.1, -0.05) is 23.4 Å². The quantitative estimate of drug-likeness (QED) is 0.782. The van der Waals surface area contributed by atoms with Crippen molar-refractivity contribution in [1.82, 2.24) is 20.3 Å². The van der Waals surface area contributed by atoms with Crippen LogP contribution in [-0.2, 0) is 6.54 Å². The van der Waals surface area contributed by atoms with Crippen molar-refractivity contribution in [2.45, 2.75) is 13.5 Å². The second-order valence-corrected chi connectivity index (χ2v) is 4.87. The third-order valence-corrected chi connectivity index (χ3v) is 3.29. The second-order valence-electron chi connectivity index (χ2n) is 4.87. The summed E-state index contributed by atoms with van der Waals surface area (Å²) in [4.78, 5) is 24.5. The molecule has 1 amide bonds. The zero-order chi connectivity index (χ0) is 15.7. The van der Waals surface area contributed by atoms with Gasteiger partial charge in [-0.3, -0.25) is 9.59 Å². The molecule has 0 bridgehead atoms. The number of carbonyl (C=O) groups is 1.